The van der Waals surface area contributed by atoms with Gasteiger partial charge in [-0.05, 0) is 25.1 Å². The summed E-state index contributed by atoms with van der Waals surface area (Å²) in [5.74, 6) is -1.39. The Morgan fingerprint density at radius 2 is 2.00 bits per heavy atom. The lowest BCUT2D eigenvalue weighted by atomic mass is 10.1. The monoisotopic (exact) mass is 532 g/mol. The number of alkyl halides is 3. The molecule has 1 amide bonds. The Balaban J connectivity index is 2.26. The number of nitrogens with one attached hydrogen (secondary N) is 1. The van der Waals surface area contributed by atoms with Crippen molar-refractivity contribution in [2.24, 2.45) is 0 Å². The summed E-state index contributed by atoms with van der Waals surface area (Å²) in [4.78, 5) is 23.8. The molecule has 0 fully saturated rings. The lowest BCUT2D eigenvalue weighted by molar-refractivity contribution is -0.138. The number of anilines is 2. The fourth-order valence-electron chi connectivity index (χ4n) is 2.38. The largest absolute Gasteiger partial charge is 0.468 e. The number of esters is 1. The number of carbonyl (C=O) groups excluding carboxylic acids is 2. The third kappa shape index (κ3) is 6.70. The standard InChI is InChI=1S/C16H16ClF3N4O5S3/c1-8(13(26)21-14-22-23-15(31-14)30-7-12(25)29-2)24(32(3,27)28)9-4-5-11(17)10(6-9)16(18,19)20/h4-6,8H,7H2,1-3H3,(H,21,22,26). The average Bonchev–Trinajstić information content (AvgIpc) is 3.12. The predicted molar refractivity (Wildman–Crippen MR) is 115 cm³/mol. The van der Waals surface area contributed by atoms with Gasteiger partial charge in [-0.2, -0.15) is 13.2 Å². The average molecular weight is 533 g/mol. The Kier molecular flexibility index (Phi) is 8.36. The van der Waals surface area contributed by atoms with Gasteiger partial charge in [0, 0.05) is 0 Å². The smallest absolute Gasteiger partial charge is 0.417 e. The number of sulfonamides is 1. The van der Waals surface area contributed by atoms with Crippen molar-refractivity contribution in [2.45, 2.75) is 23.5 Å². The van der Waals surface area contributed by atoms with E-state index < -0.39 is 50.4 Å². The Morgan fingerprint density at radius 1 is 1.34 bits per heavy atom. The van der Waals surface area contributed by atoms with Gasteiger partial charge in [-0.15, -0.1) is 10.2 Å². The van der Waals surface area contributed by atoms with Crippen LogP contribution in [0.5, 0.6) is 0 Å². The van der Waals surface area contributed by atoms with Gasteiger partial charge in [-0.1, -0.05) is 34.7 Å². The van der Waals surface area contributed by atoms with Crippen LogP contribution < -0.4 is 9.62 Å². The number of methoxy groups -OCH3 is 1. The lowest BCUT2D eigenvalue weighted by Crippen LogP contribution is -2.45. The molecule has 0 bridgehead atoms. The van der Waals surface area contributed by atoms with Gasteiger partial charge in [0.15, 0.2) is 4.34 Å². The Bertz CT molecular complexity index is 1110. The van der Waals surface area contributed by atoms with Crippen molar-refractivity contribution < 1.29 is 35.9 Å². The molecule has 1 atom stereocenters. The van der Waals surface area contributed by atoms with E-state index in [4.69, 9.17) is 11.6 Å². The van der Waals surface area contributed by atoms with Crippen molar-refractivity contribution in [1.29, 1.82) is 0 Å². The normalized spacial score (nSPS) is 12.8. The number of aromatic nitrogens is 2. The molecule has 0 radical (unpaired) electrons. The van der Waals surface area contributed by atoms with Crippen LogP contribution in [0.4, 0.5) is 24.0 Å². The van der Waals surface area contributed by atoms with Crippen LogP contribution in [0, 0.1) is 0 Å². The molecule has 176 valence electrons. The van der Waals surface area contributed by atoms with Crippen LogP contribution in [-0.4, -0.2) is 55.7 Å². The number of rotatable bonds is 8. The number of hydrogen-bond acceptors (Lipinski definition) is 9. The summed E-state index contributed by atoms with van der Waals surface area (Å²) in [7, 11) is -2.95. The highest BCUT2D eigenvalue weighted by molar-refractivity contribution is 8.01. The Labute approximate surface area is 194 Å². The number of carbonyl (C=O) groups is 2. The molecule has 0 saturated carbocycles. The van der Waals surface area contributed by atoms with Gasteiger partial charge in [0.25, 0.3) is 0 Å². The van der Waals surface area contributed by atoms with Gasteiger partial charge < -0.3 is 4.74 Å². The summed E-state index contributed by atoms with van der Waals surface area (Å²) in [5, 5.41) is 9.26. The molecule has 0 saturated heterocycles. The van der Waals surface area contributed by atoms with Gasteiger partial charge in [-0.3, -0.25) is 19.2 Å². The molecule has 1 aromatic carbocycles. The van der Waals surface area contributed by atoms with Gasteiger partial charge in [-0.25, -0.2) is 8.42 Å². The van der Waals surface area contributed by atoms with Gasteiger partial charge in [0.1, 0.15) is 6.04 Å². The molecule has 2 rings (SSSR count). The van der Waals surface area contributed by atoms with E-state index in [1.54, 1.807) is 0 Å². The molecule has 0 aliphatic heterocycles. The highest BCUT2D eigenvalue weighted by Crippen LogP contribution is 2.38. The molecule has 9 nitrogen and oxygen atoms in total. The van der Waals surface area contributed by atoms with Crippen LogP contribution in [0.3, 0.4) is 0 Å². The minimum atomic E-state index is -4.83. The third-order valence-electron chi connectivity index (χ3n) is 3.78. The fourth-order valence-corrected chi connectivity index (χ4v) is 5.36. The molecule has 0 spiro atoms. The second-order valence-electron chi connectivity index (χ2n) is 6.12. The van der Waals surface area contributed by atoms with Crippen LogP contribution in [0.25, 0.3) is 0 Å². The zero-order valence-corrected chi connectivity index (χ0v) is 19.8. The second-order valence-corrected chi connectivity index (χ2v) is 10.6. The van der Waals surface area contributed by atoms with Gasteiger partial charge in [0.2, 0.25) is 21.1 Å². The summed E-state index contributed by atoms with van der Waals surface area (Å²) in [5.41, 5.74) is -1.63. The van der Waals surface area contributed by atoms with E-state index in [2.05, 4.69) is 20.3 Å². The predicted octanol–water partition coefficient (Wildman–Crippen LogP) is 3.27. The van der Waals surface area contributed by atoms with Gasteiger partial charge in [0.05, 0.1) is 35.4 Å². The van der Waals surface area contributed by atoms with E-state index in [-0.39, 0.29) is 10.9 Å². The molecule has 2 aromatic rings. The minimum Gasteiger partial charge on any atom is -0.468 e. The van der Waals surface area contributed by atoms with Crippen molar-refractivity contribution in [3.05, 3.63) is 28.8 Å². The van der Waals surface area contributed by atoms with E-state index >= 15 is 0 Å². The zero-order chi connectivity index (χ0) is 24.3. The van der Waals surface area contributed by atoms with Crippen molar-refractivity contribution in [1.82, 2.24) is 10.2 Å². The maximum absolute atomic E-state index is 13.2. The number of amides is 1. The molecule has 32 heavy (non-hydrogen) atoms. The highest BCUT2D eigenvalue weighted by Gasteiger charge is 2.36. The van der Waals surface area contributed by atoms with E-state index in [0.29, 0.717) is 14.7 Å². The molecule has 1 aromatic heterocycles. The Morgan fingerprint density at radius 3 is 2.56 bits per heavy atom. The fraction of sp³-hybridized carbons (Fsp3) is 0.375. The van der Waals surface area contributed by atoms with E-state index in [1.807, 2.05) is 0 Å². The highest BCUT2D eigenvalue weighted by atomic mass is 35.5. The van der Waals surface area contributed by atoms with Gasteiger partial charge >= 0.3 is 12.1 Å². The molecule has 1 N–H and O–H groups in total. The topological polar surface area (TPSA) is 119 Å². The van der Waals surface area contributed by atoms with Crippen LogP contribution in [0.1, 0.15) is 12.5 Å². The summed E-state index contributed by atoms with van der Waals surface area (Å²) in [6, 6.07) is 1.08. The Hall–Kier alpha value is -2.10. The molecule has 16 heteroatoms. The molecule has 0 aliphatic rings. The van der Waals surface area contributed by atoms with E-state index in [0.717, 1.165) is 41.5 Å². The summed E-state index contributed by atoms with van der Waals surface area (Å²) in [6.45, 7) is 1.20. The van der Waals surface area contributed by atoms with E-state index in [9.17, 15) is 31.2 Å². The van der Waals surface area contributed by atoms with Crippen molar-refractivity contribution in [3.63, 3.8) is 0 Å². The quantitative estimate of drug-likeness (QED) is 0.312. The molecular formula is C16H16ClF3N4O5S3. The zero-order valence-electron chi connectivity index (χ0n) is 16.6. The summed E-state index contributed by atoms with van der Waals surface area (Å²) in [6.07, 6.45) is -4.07. The maximum atomic E-state index is 13.2. The number of nitrogens with zero attached hydrogens (tertiary/aromatic N) is 3. The molecule has 1 heterocycles. The number of halogens is 4. The van der Waals surface area contributed by atoms with E-state index in [1.165, 1.54) is 14.0 Å². The van der Waals surface area contributed by atoms with Crippen molar-refractivity contribution >= 4 is 67.4 Å². The first kappa shape index (κ1) is 26.2. The number of hydrogen-bond donors (Lipinski definition) is 1. The summed E-state index contributed by atoms with van der Waals surface area (Å²) < 4.78 is 69.6. The van der Waals surface area contributed by atoms with Crippen LogP contribution in [-0.2, 0) is 30.5 Å². The second kappa shape index (κ2) is 10.2. The van der Waals surface area contributed by atoms with Crippen molar-refractivity contribution in [2.75, 3.05) is 28.7 Å². The molecule has 0 aliphatic carbocycles. The first-order valence-corrected chi connectivity index (χ1v) is 12.5. The first-order chi connectivity index (χ1) is 14.7. The maximum Gasteiger partial charge on any atom is 0.417 e. The number of thioether (sulfide) groups is 1. The first-order valence-electron chi connectivity index (χ1n) is 8.44. The van der Waals surface area contributed by atoms with Crippen LogP contribution in [0.2, 0.25) is 5.02 Å². The van der Waals surface area contributed by atoms with Crippen LogP contribution in [0.15, 0.2) is 22.5 Å². The number of ether oxygens (including phenoxy) is 1. The SMILES string of the molecule is COC(=O)CSc1nnc(NC(=O)C(C)N(c2ccc(Cl)c(C(F)(F)F)c2)S(C)(=O)=O)s1. The minimum absolute atomic E-state index is 0.00903. The van der Waals surface area contributed by atoms with Crippen molar-refractivity contribution in [3.8, 4) is 0 Å². The molecule has 1 unspecified atom stereocenters. The summed E-state index contributed by atoms with van der Waals surface area (Å²) >= 11 is 7.53. The third-order valence-corrected chi connectivity index (χ3v) is 7.29. The molecular weight excluding hydrogens is 517 g/mol. The number of benzene rings is 1. The lowest BCUT2D eigenvalue weighted by Gasteiger charge is -2.28. The van der Waals surface area contributed by atoms with Crippen LogP contribution >= 0.6 is 34.7 Å².